The van der Waals surface area contributed by atoms with Crippen LogP contribution in [-0.4, -0.2) is 22.8 Å². The fourth-order valence-electron chi connectivity index (χ4n) is 1.28. The van der Waals surface area contributed by atoms with E-state index in [1.54, 1.807) is 0 Å². The molecule has 0 radical (unpaired) electrons. The summed E-state index contributed by atoms with van der Waals surface area (Å²) in [5.41, 5.74) is 0.0261. The van der Waals surface area contributed by atoms with Crippen LogP contribution in [0.1, 0.15) is 32.6 Å². The van der Waals surface area contributed by atoms with Crippen molar-refractivity contribution >= 4 is 5.91 Å². The van der Waals surface area contributed by atoms with Crippen molar-refractivity contribution in [2.45, 2.75) is 18.8 Å². The molecule has 1 amide bonds. The predicted molar refractivity (Wildman–Crippen MR) is 49.0 cm³/mol. The molecule has 3 heteroatoms. The van der Waals surface area contributed by atoms with Gasteiger partial charge >= 0.3 is 0 Å². The highest BCUT2D eigenvalue weighted by molar-refractivity contribution is 5.78. The number of likely N-dealkylation sites (tertiary alicyclic amines) is 1. The van der Waals surface area contributed by atoms with Gasteiger partial charge in [0.1, 0.15) is 0 Å². The second-order valence-electron chi connectivity index (χ2n) is 2.81. The summed E-state index contributed by atoms with van der Waals surface area (Å²) in [5, 5.41) is 0. The molecule has 0 saturated carbocycles. The van der Waals surface area contributed by atoms with Crippen LogP contribution in [0.2, 0.25) is 0 Å². The summed E-state index contributed by atoms with van der Waals surface area (Å²) in [6, 6.07) is -1.55. The van der Waals surface area contributed by atoms with Gasteiger partial charge in [0.25, 0.3) is 0 Å². The Morgan fingerprint density at radius 3 is 3.38 bits per heavy atom. The first-order valence-corrected chi connectivity index (χ1v) is 3.88. The maximum absolute atomic E-state index is 11.7. The van der Waals surface area contributed by atoms with E-state index in [4.69, 9.17) is 8.22 Å². The summed E-state index contributed by atoms with van der Waals surface area (Å²) in [6.07, 6.45) is -3.04. The van der Waals surface area contributed by atoms with E-state index < -0.39 is 30.5 Å². The van der Waals surface area contributed by atoms with Crippen molar-refractivity contribution in [3.63, 3.8) is 0 Å². The van der Waals surface area contributed by atoms with E-state index in [1.807, 2.05) is 0 Å². The molecule has 2 heterocycles. The van der Waals surface area contributed by atoms with Crippen LogP contribution in [-0.2, 0) is 4.79 Å². The summed E-state index contributed by atoms with van der Waals surface area (Å²) in [5.74, 6) is -0.710. The molecule has 68 valence electrons. The molecule has 2 rings (SSSR count). The maximum atomic E-state index is 11.7. The topological polar surface area (TPSA) is 33.2 Å². The smallest absolute Gasteiger partial charge is 0.222 e. The molecule has 1 saturated heterocycles. The van der Waals surface area contributed by atoms with Gasteiger partial charge < -0.3 is 4.90 Å². The van der Waals surface area contributed by atoms with E-state index >= 15 is 0 Å². The third-order valence-corrected chi connectivity index (χ3v) is 2.05. The molecular weight excluding hydrogens is 164 g/mol. The highest BCUT2D eigenvalue weighted by Gasteiger charge is 2.28. The van der Waals surface area contributed by atoms with Crippen molar-refractivity contribution in [3.8, 4) is 0 Å². The first kappa shape index (κ1) is 3.78. The minimum Gasteiger partial charge on any atom is -0.339 e. The fraction of sp³-hybridized carbons (Fsp3) is 0.400. The van der Waals surface area contributed by atoms with Crippen molar-refractivity contribution in [3.05, 3.63) is 30.0 Å². The minimum atomic E-state index is -2.04. The lowest BCUT2D eigenvalue weighted by Crippen LogP contribution is -2.22. The van der Waals surface area contributed by atoms with Gasteiger partial charge in [-0.15, -0.1) is 0 Å². The monoisotopic (exact) mass is 182 g/mol. The van der Waals surface area contributed by atoms with Gasteiger partial charge in [0.05, 0.1) is 11.5 Å². The molecule has 1 aliphatic rings. The summed E-state index contributed by atoms with van der Waals surface area (Å²) < 4.78 is 45.6. The van der Waals surface area contributed by atoms with E-state index in [2.05, 4.69) is 4.98 Å². The molecule has 1 aromatic heterocycles. The Hall–Kier alpha value is -1.38. The minimum absolute atomic E-state index is 0.0261. The van der Waals surface area contributed by atoms with Gasteiger partial charge in [0.2, 0.25) is 5.91 Å². The number of carbonyl (C=O) groups is 1. The normalized spacial score (nSPS) is 32.8. The van der Waals surface area contributed by atoms with Crippen LogP contribution in [0.25, 0.3) is 0 Å². The van der Waals surface area contributed by atoms with Crippen LogP contribution in [0.3, 0.4) is 0 Å². The number of nitrogens with zero attached hydrogens (tertiary/aromatic N) is 2. The van der Waals surface area contributed by atoms with E-state index in [-0.39, 0.29) is 24.2 Å². The molecule has 1 fully saturated rings. The van der Waals surface area contributed by atoms with Crippen LogP contribution < -0.4 is 0 Å². The van der Waals surface area contributed by atoms with Crippen molar-refractivity contribution < 1.29 is 13.0 Å². The number of pyridine rings is 1. The first-order valence-electron chi connectivity index (χ1n) is 6.88. The number of amides is 1. The molecule has 0 unspecified atom stereocenters. The number of hydrogen-bond acceptors (Lipinski definition) is 2. The maximum Gasteiger partial charge on any atom is 0.222 e. The number of aromatic nitrogens is 1. The van der Waals surface area contributed by atoms with Gasteiger partial charge in [-0.05, 0) is 18.0 Å². The SMILES string of the molecule is [2H]c1nc([2H])c([C@@H]2CC([2H])([2H])C(=O)N2C)c([2H])c1[2H]. The Balaban J connectivity index is 2.56. The van der Waals surface area contributed by atoms with Crippen LogP contribution >= 0.6 is 0 Å². The molecule has 1 aromatic rings. The number of carbonyl (C=O) groups excluding carboxylic acids is 1. The second kappa shape index (κ2) is 3.17. The Labute approximate surface area is 85.8 Å². The molecule has 1 atom stereocenters. The van der Waals surface area contributed by atoms with E-state index in [0.717, 1.165) is 4.90 Å². The summed E-state index contributed by atoms with van der Waals surface area (Å²) in [4.78, 5) is 16.4. The van der Waals surface area contributed by atoms with Crippen LogP contribution in [0, 0.1) is 0 Å². The Morgan fingerprint density at radius 1 is 1.85 bits per heavy atom. The molecule has 0 spiro atoms. The molecular formula is C10H12N2O. The second-order valence-corrected chi connectivity index (χ2v) is 2.81. The van der Waals surface area contributed by atoms with E-state index in [0.29, 0.717) is 0 Å². The van der Waals surface area contributed by atoms with Crippen LogP contribution in [0.5, 0.6) is 0 Å². The lowest BCUT2D eigenvalue weighted by molar-refractivity contribution is -0.127. The molecule has 0 aromatic carbocycles. The van der Waals surface area contributed by atoms with Gasteiger partial charge in [-0.2, -0.15) is 0 Å². The molecule has 3 nitrogen and oxygen atoms in total. The zero-order valence-electron chi connectivity index (χ0n) is 13.1. The standard InChI is InChI=1S/C10H12N2O/c1-12-9(4-5-10(12)13)8-3-2-6-11-7-8/h2-3,6-7,9H,4-5H2,1H3/t9-/m0/s1/i2D,3D,5D2,6D,7D. The molecule has 0 N–H and O–H groups in total. The number of hydrogen-bond donors (Lipinski definition) is 0. The largest absolute Gasteiger partial charge is 0.339 e. The average Bonchev–Trinajstić information content (AvgIpc) is 2.51. The predicted octanol–water partition coefficient (Wildman–Crippen LogP) is 1.37. The Morgan fingerprint density at radius 2 is 2.69 bits per heavy atom. The van der Waals surface area contributed by atoms with Gasteiger partial charge in [-0.25, -0.2) is 0 Å². The summed E-state index contributed by atoms with van der Waals surface area (Å²) in [7, 11) is 1.40. The van der Waals surface area contributed by atoms with E-state index in [1.165, 1.54) is 7.05 Å². The lowest BCUT2D eigenvalue weighted by Gasteiger charge is -2.19. The van der Waals surface area contributed by atoms with Crippen molar-refractivity contribution in [1.29, 1.82) is 0 Å². The highest BCUT2D eigenvalue weighted by atomic mass is 16.2. The Kier molecular flexibility index (Phi) is 0.920. The Bertz CT molecular complexity index is 561. The number of rotatable bonds is 1. The molecule has 0 bridgehead atoms. The van der Waals surface area contributed by atoms with E-state index in [9.17, 15) is 4.79 Å². The zero-order valence-corrected chi connectivity index (χ0v) is 7.09. The summed E-state index contributed by atoms with van der Waals surface area (Å²) >= 11 is 0. The van der Waals surface area contributed by atoms with Gasteiger partial charge in [-0.3, -0.25) is 9.78 Å². The first-order chi connectivity index (χ1) is 8.66. The van der Waals surface area contributed by atoms with Crippen molar-refractivity contribution in [1.82, 2.24) is 9.88 Å². The summed E-state index contributed by atoms with van der Waals surface area (Å²) in [6.45, 7) is 0. The molecule has 0 aliphatic carbocycles. The van der Waals surface area contributed by atoms with Gasteiger partial charge in [0.15, 0.2) is 0 Å². The lowest BCUT2D eigenvalue weighted by atomic mass is 10.1. The van der Waals surface area contributed by atoms with Gasteiger partial charge in [0, 0.05) is 28.5 Å². The van der Waals surface area contributed by atoms with Crippen LogP contribution in [0.4, 0.5) is 0 Å². The average molecular weight is 182 g/mol. The highest BCUT2D eigenvalue weighted by Crippen LogP contribution is 2.30. The third kappa shape index (κ3) is 1.41. The van der Waals surface area contributed by atoms with Crippen LogP contribution in [0.15, 0.2) is 24.4 Å². The van der Waals surface area contributed by atoms with Crippen molar-refractivity contribution in [2.75, 3.05) is 7.05 Å². The van der Waals surface area contributed by atoms with Crippen molar-refractivity contribution in [2.24, 2.45) is 0 Å². The fourth-order valence-corrected chi connectivity index (χ4v) is 1.28. The molecule has 1 aliphatic heterocycles. The third-order valence-electron chi connectivity index (χ3n) is 2.05. The zero-order chi connectivity index (χ0) is 14.5. The quantitative estimate of drug-likeness (QED) is 0.657. The van der Waals surface area contributed by atoms with Gasteiger partial charge in [-0.1, -0.05) is 6.04 Å². The molecule has 13 heavy (non-hydrogen) atoms.